The lowest BCUT2D eigenvalue weighted by atomic mass is 10.2. The Kier molecular flexibility index (Phi) is 5.27. The molecule has 3 rings (SSSR count). The molecule has 1 aliphatic heterocycles. The molecular weight excluding hydrogens is 325 g/mol. The lowest BCUT2D eigenvalue weighted by molar-refractivity contribution is 0.237. The van der Waals surface area contributed by atoms with Crippen LogP contribution in [0.5, 0.6) is 5.88 Å². The molecule has 132 valence electrons. The summed E-state index contributed by atoms with van der Waals surface area (Å²) in [5.41, 5.74) is 0.842. The molecule has 1 aromatic carbocycles. The number of ether oxygens (including phenoxy) is 1. The molecule has 7 nitrogen and oxygen atoms in total. The summed E-state index contributed by atoms with van der Waals surface area (Å²) < 4.78 is 18.1. The zero-order valence-corrected chi connectivity index (χ0v) is 13.9. The number of aromatic nitrogens is 2. The minimum Gasteiger partial charge on any atom is -0.478 e. The van der Waals surface area contributed by atoms with Gasteiger partial charge in [0.05, 0.1) is 7.11 Å². The molecule has 2 N–H and O–H groups in total. The molecule has 1 fully saturated rings. The summed E-state index contributed by atoms with van der Waals surface area (Å²) in [4.78, 5) is 22.5. The van der Waals surface area contributed by atoms with Crippen LogP contribution in [0.3, 0.4) is 0 Å². The molecule has 1 saturated heterocycles. The number of anilines is 1. The van der Waals surface area contributed by atoms with Gasteiger partial charge in [-0.2, -0.15) is 0 Å². The smallest absolute Gasteiger partial charge is 0.315 e. The van der Waals surface area contributed by atoms with Crippen molar-refractivity contribution in [3.8, 4) is 5.88 Å². The molecule has 8 heteroatoms. The van der Waals surface area contributed by atoms with Crippen LogP contribution in [0.25, 0.3) is 0 Å². The highest BCUT2D eigenvalue weighted by atomic mass is 19.1. The van der Waals surface area contributed by atoms with E-state index in [0.29, 0.717) is 24.8 Å². The van der Waals surface area contributed by atoms with Crippen molar-refractivity contribution in [2.45, 2.75) is 19.0 Å². The van der Waals surface area contributed by atoms with Crippen molar-refractivity contribution in [2.24, 2.45) is 0 Å². The number of hydrogen-bond donors (Lipinski definition) is 2. The minimum atomic E-state index is -0.293. The van der Waals surface area contributed by atoms with E-state index in [2.05, 4.69) is 20.6 Å². The van der Waals surface area contributed by atoms with Gasteiger partial charge in [0.25, 0.3) is 5.88 Å². The normalized spacial score (nSPS) is 16.6. The van der Waals surface area contributed by atoms with Crippen LogP contribution in [0, 0.1) is 5.82 Å². The Morgan fingerprint density at radius 1 is 1.32 bits per heavy atom. The number of carbonyl (C=O) groups excluding carboxylic acids is 1. The first-order valence-corrected chi connectivity index (χ1v) is 8.04. The maximum Gasteiger partial charge on any atom is 0.315 e. The predicted molar refractivity (Wildman–Crippen MR) is 91.0 cm³/mol. The summed E-state index contributed by atoms with van der Waals surface area (Å²) in [6, 6.07) is 5.80. The van der Waals surface area contributed by atoms with Gasteiger partial charge in [0.2, 0.25) is 0 Å². The summed E-state index contributed by atoms with van der Waals surface area (Å²) in [5.74, 6) is 0.864. The number of amides is 2. The second kappa shape index (κ2) is 7.78. The van der Waals surface area contributed by atoms with Crippen molar-refractivity contribution in [2.75, 3.05) is 25.1 Å². The highest BCUT2D eigenvalue weighted by Crippen LogP contribution is 2.25. The van der Waals surface area contributed by atoms with Crippen LogP contribution in [-0.2, 0) is 6.54 Å². The van der Waals surface area contributed by atoms with Crippen LogP contribution >= 0.6 is 0 Å². The van der Waals surface area contributed by atoms with Crippen molar-refractivity contribution in [1.29, 1.82) is 0 Å². The lowest BCUT2D eigenvalue weighted by Gasteiger charge is -2.19. The molecule has 25 heavy (non-hydrogen) atoms. The Hall–Kier alpha value is -2.90. The Morgan fingerprint density at radius 2 is 2.08 bits per heavy atom. The molecule has 0 bridgehead atoms. The highest BCUT2D eigenvalue weighted by molar-refractivity contribution is 5.74. The van der Waals surface area contributed by atoms with E-state index in [1.807, 2.05) is 4.90 Å². The monoisotopic (exact) mass is 345 g/mol. The Morgan fingerprint density at radius 3 is 2.84 bits per heavy atom. The number of urea groups is 1. The molecule has 2 aromatic rings. The summed E-state index contributed by atoms with van der Waals surface area (Å²) in [6.45, 7) is 1.75. The maximum atomic E-state index is 12.9. The van der Waals surface area contributed by atoms with Crippen molar-refractivity contribution in [3.05, 3.63) is 48.0 Å². The molecule has 0 aliphatic carbocycles. The number of rotatable bonds is 5. The van der Waals surface area contributed by atoms with Gasteiger partial charge in [-0.15, -0.1) is 0 Å². The molecule has 2 heterocycles. The van der Waals surface area contributed by atoms with E-state index in [9.17, 15) is 9.18 Å². The first-order valence-electron chi connectivity index (χ1n) is 8.04. The van der Waals surface area contributed by atoms with Gasteiger partial charge >= 0.3 is 6.03 Å². The van der Waals surface area contributed by atoms with Gasteiger partial charge in [-0.05, 0) is 24.1 Å². The Labute approximate surface area is 145 Å². The highest BCUT2D eigenvalue weighted by Gasteiger charge is 2.27. The molecular formula is C17H20FN5O2. The molecule has 0 radical (unpaired) electrons. The third-order valence-electron chi connectivity index (χ3n) is 4.03. The van der Waals surface area contributed by atoms with Crippen molar-refractivity contribution >= 4 is 11.8 Å². The van der Waals surface area contributed by atoms with Gasteiger partial charge in [0.1, 0.15) is 5.82 Å². The van der Waals surface area contributed by atoms with Crippen LogP contribution in [-0.4, -0.2) is 42.2 Å². The standard InChI is InChI=1S/C17H20FN5O2/c1-25-16-15(19-7-8-20-16)23-9-6-14(11-23)22-17(24)21-10-12-2-4-13(18)5-3-12/h2-5,7-8,14H,6,9-11H2,1H3,(H2,21,22,24). The molecule has 0 spiro atoms. The number of halogens is 1. The van der Waals surface area contributed by atoms with E-state index in [-0.39, 0.29) is 17.9 Å². The molecule has 1 atom stereocenters. The summed E-state index contributed by atoms with van der Waals surface area (Å²) in [6.07, 6.45) is 4.01. The third-order valence-corrected chi connectivity index (χ3v) is 4.03. The number of nitrogens with one attached hydrogen (secondary N) is 2. The molecule has 0 saturated carbocycles. The third kappa shape index (κ3) is 4.34. The Balaban J connectivity index is 1.49. The largest absolute Gasteiger partial charge is 0.478 e. The lowest BCUT2D eigenvalue weighted by Crippen LogP contribution is -2.43. The van der Waals surface area contributed by atoms with Gasteiger partial charge in [-0.3, -0.25) is 0 Å². The van der Waals surface area contributed by atoms with Gasteiger partial charge < -0.3 is 20.3 Å². The van der Waals surface area contributed by atoms with Crippen LogP contribution in [0.4, 0.5) is 15.0 Å². The maximum absolute atomic E-state index is 12.9. The zero-order valence-electron chi connectivity index (χ0n) is 13.9. The summed E-state index contributed by atoms with van der Waals surface area (Å²) >= 11 is 0. The first kappa shape index (κ1) is 16.9. The molecule has 1 aliphatic rings. The van der Waals surface area contributed by atoms with E-state index >= 15 is 0 Å². The van der Waals surface area contributed by atoms with Crippen LogP contribution in [0.2, 0.25) is 0 Å². The van der Waals surface area contributed by atoms with Gasteiger partial charge in [-0.25, -0.2) is 19.2 Å². The fourth-order valence-corrected chi connectivity index (χ4v) is 2.77. The van der Waals surface area contributed by atoms with Crippen molar-refractivity contribution < 1.29 is 13.9 Å². The first-order chi connectivity index (χ1) is 12.2. The number of methoxy groups -OCH3 is 1. The number of nitrogens with zero attached hydrogens (tertiary/aromatic N) is 3. The van der Waals surface area contributed by atoms with Crippen LogP contribution in [0.15, 0.2) is 36.7 Å². The van der Waals surface area contributed by atoms with Gasteiger partial charge in [-0.1, -0.05) is 12.1 Å². The second-order valence-corrected chi connectivity index (χ2v) is 5.77. The van der Waals surface area contributed by atoms with E-state index < -0.39 is 0 Å². The number of carbonyl (C=O) groups is 1. The average molecular weight is 345 g/mol. The minimum absolute atomic E-state index is 0.0138. The fourth-order valence-electron chi connectivity index (χ4n) is 2.77. The average Bonchev–Trinajstić information content (AvgIpc) is 3.09. The molecule has 1 aromatic heterocycles. The number of benzene rings is 1. The molecule has 1 unspecified atom stereocenters. The van der Waals surface area contributed by atoms with Crippen molar-refractivity contribution in [3.63, 3.8) is 0 Å². The quantitative estimate of drug-likeness (QED) is 0.862. The fraction of sp³-hybridized carbons (Fsp3) is 0.353. The topological polar surface area (TPSA) is 79.4 Å². The summed E-state index contributed by atoms with van der Waals surface area (Å²) in [5, 5.41) is 5.72. The van der Waals surface area contributed by atoms with Crippen LogP contribution in [0.1, 0.15) is 12.0 Å². The van der Waals surface area contributed by atoms with E-state index in [0.717, 1.165) is 18.5 Å². The van der Waals surface area contributed by atoms with Crippen molar-refractivity contribution in [1.82, 2.24) is 20.6 Å². The van der Waals surface area contributed by atoms with E-state index in [1.54, 1.807) is 31.6 Å². The van der Waals surface area contributed by atoms with Crippen LogP contribution < -0.4 is 20.3 Å². The Bertz CT molecular complexity index is 725. The number of hydrogen-bond acceptors (Lipinski definition) is 5. The molecule has 2 amide bonds. The predicted octanol–water partition coefficient (Wildman–Crippen LogP) is 1.70. The summed E-state index contributed by atoms with van der Waals surface area (Å²) in [7, 11) is 1.56. The SMILES string of the molecule is COc1nccnc1N1CCC(NC(=O)NCc2ccc(F)cc2)C1. The van der Waals surface area contributed by atoms with E-state index in [1.165, 1.54) is 12.1 Å². The van der Waals surface area contributed by atoms with Gasteiger partial charge in [0, 0.05) is 38.1 Å². The second-order valence-electron chi connectivity index (χ2n) is 5.77. The van der Waals surface area contributed by atoms with E-state index in [4.69, 9.17) is 4.74 Å². The van der Waals surface area contributed by atoms with Gasteiger partial charge in [0.15, 0.2) is 5.82 Å². The zero-order chi connectivity index (χ0) is 17.6.